The van der Waals surface area contributed by atoms with Crippen LogP contribution in [0.3, 0.4) is 0 Å². The minimum Gasteiger partial charge on any atom is -0.369 e. The van der Waals surface area contributed by atoms with Crippen LogP contribution in [0.5, 0.6) is 0 Å². The Labute approximate surface area is 103 Å². The highest BCUT2D eigenvalue weighted by Gasteiger charge is 2.36. The lowest BCUT2D eigenvalue weighted by Gasteiger charge is -2.15. The van der Waals surface area contributed by atoms with Gasteiger partial charge in [-0.1, -0.05) is 26.2 Å². The summed E-state index contributed by atoms with van der Waals surface area (Å²) in [4.78, 5) is 23.0. The van der Waals surface area contributed by atoms with Crippen molar-refractivity contribution < 1.29 is 9.59 Å². The number of hydrogen-bond donors (Lipinski definition) is 3. The molecule has 2 unspecified atom stereocenters. The smallest absolute Gasteiger partial charge is 0.225 e. The summed E-state index contributed by atoms with van der Waals surface area (Å²) in [6, 6.07) is 0. The van der Waals surface area contributed by atoms with Crippen molar-refractivity contribution in [2.75, 3.05) is 19.6 Å². The number of nitrogens with one attached hydrogen (secondary N) is 2. The van der Waals surface area contributed by atoms with Crippen molar-refractivity contribution in [3.8, 4) is 0 Å². The first-order chi connectivity index (χ1) is 8.16. The Morgan fingerprint density at radius 3 is 2.59 bits per heavy atom. The summed E-state index contributed by atoms with van der Waals surface area (Å²) >= 11 is 0. The molecule has 1 rings (SSSR count). The number of hydrogen-bond acceptors (Lipinski definition) is 3. The fraction of sp³-hybridized carbons (Fsp3) is 0.833. The molecule has 0 bridgehead atoms. The topological polar surface area (TPSA) is 84.2 Å². The Hall–Kier alpha value is -1.10. The van der Waals surface area contributed by atoms with Crippen LogP contribution in [0.4, 0.5) is 0 Å². The second kappa shape index (κ2) is 7.27. The molecule has 1 saturated heterocycles. The van der Waals surface area contributed by atoms with Gasteiger partial charge in [-0.3, -0.25) is 9.59 Å². The van der Waals surface area contributed by atoms with Gasteiger partial charge in [0.15, 0.2) is 0 Å². The molecule has 5 heteroatoms. The van der Waals surface area contributed by atoms with Crippen molar-refractivity contribution in [2.45, 2.75) is 32.6 Å². The molecule has 1 aliphatic heterocycles. The second-order valence-corrected chi connectivity index (χ2v) is 4.63. The Kier molecular flexibility index (Phi) is 5.97. The summed E-state index contributed by atoms with van der Waals surface area (Å²) in [6.07, 6.45) is 4.52. The van der Waals surface area contributed by atoms with Crippen molar-refractivity contribution in [3.63, 3.8) is 0 Å². The molecule has 2 amide bonds. The summed E-state index contributed by atoms with van der Waals surface area (Å²) in [5.74, 6) is -1.08. The molecule has 0 radical (unpaired) electrons. The zero-order chi connectivity index (χ0) is 12.7. The molecule has 0 spiro atoms. The first-order valence-electron chi connectivity index (χ1n) is 6.44. The molecule has 0 aromatic heterocycles. The van der Waals surface area contributed by atoms with Crippen LogP contribution in [0.25, 0.3) is 0 Å². The van der Waals surface area contributed by atoms with Gasteiger partial charge in [-0.2, -0.15) is 0 Å². The Morgan fingerprint density at radius 1 is 1.24 bits per heavy atom. The largest absolute Gasteiger partial charge is 0.369 e. The van der Waals surface area contributed by atoms with Crippen LogP contribution in [0.1, 0.15) is 32.6 Å². The van der Waals surface area contributed by atoms with Crippen LogP contribution in [-0.4, -0.2) is 31.4 Å². The van der Waals surface area contributed by atoms with Crippen LogP contribution in [0, 0.1) is 11.8 Å². The van der Waals surface area contributed by atoms with E-state index < -0.39 is 0 Å². The van der Waals surface area contributed by atoms with E-state index in [1.807, 2.05) is 0 Å². The number of unbranched alkanes of at least 4 members (excludes halogenated alkanes) is 3. The van der Waals surface area contributed by atoms with Crippen LogP contribution in [-0.2, 0) is 9.59 Å². The highest BCUT2D eigenvalue weighted by atomic mass is 16.2. The number of carbonyl (C=O) groups is 2. The molecule has 0 aromatic carbocycles. The maximum atomic E-state index is 11.8. The van der Waals surface area contributed by atoms with Gasteiger partial charge in [0.25, 0.3) is 0 Å². The fourth-order valence-corrected chi connectivity index (χ4v) is 2.15. The molecule has 5 nitrogen and oxygen atoms in total. The van der Waals surface area contributed by atoms with Gasteiger partial charge in [0.2, 0.25) is 11.8 Å². The Bertz CT molecular complexity index is 268. The van der Waals surface area contributed by atoms with Gasteiger partial charge < -0.3 is 16.4 Å². The molecular formula is C12H23N3O2. The minimum atomic E-state index is -0.388. The molecule has 0 aromatic rings. The summed E-state index contributed by atoms with van der Waals surface area (Å²) < 4.78 is 0. The summed E-state index contributed by atoms with van der Waals surface area (Å²) in [5, 5.41) is 5.92. The van der Waals surface area contributed by atoms with Gasteiger partial charge in [-0.25, -0.2) is 0 Å². The van der Waals surface area contributed by atoms with Gasteiger partial charge in [0.1, 0.15) is 0 Å². The van der Waals surface area contributed by atoms with E-state index in [9.17, 15) is 9.59 Å². The average Bonchev–Trinajstić information content (AvgIpc) is 2.77. The first kappa shape index (κ1) is 14.0. The number of carbonyl (C=O) groups excluding carboxylic acids is 2. The average molecular weight is 241 g/mol. The van der Waals surface area contributed by atoms with Gasteiger partial charge in [0, 0.05) is 19.6 Å². The summed E-state index contributed by atoms with van der Waals surface area (Å²) in [5.41, 5.74) is 5.26. The predicted molar refractivity (Wildman–Crippen MR) is 66.2 cm³/mol. The van der Waals surface area contributed by atoms with Gasteiger partial charge in [-0.15, -0.1) is 0 Å². The van der Waals surface area contributed by atoms with E-state index in [1.54, 1.807) is 0 Å². The zero-order valence-electron chi connectivity index (χ0n) is 10.5. The zero-order valence-corrected chi connectivity index (χ0v) is 10.5. The standard InChI is InChI=1S/C12H23N3O2/c1-2-3-4-5-6-15-12(17)10-8-14-7-9(10)11(13)16/h9-10,14H,2-8H2,1H3,(H2,13,16)(H,15,17). The lowest BCUT2D eigenvalue weighted by atomic mass is 9.94. The SMILES string of the molecule is CCCCCCNC(=O)C1CNCC1C(N)=O. The number of primary amides is 1. The predicted octanol–water partition coefficient (Wildman–Crippen LogP) is 0.00380. The monoisotopic (exact) mass is 241 g/mol. The summed E-state index contributed by atoms with van der Waals surface area (Å²) in [7, 11) is 0. The molecular weight excluding hydrogens is 218 g/mol. The third-order valence-corrected chi connectivity index (χ3v) is 3.25. The van der Waals surface area contributed by atoms with Crippen LogP contribution < -0.4 is 16.4 Å². The Morgan fingerprint density at radius 2 is 1.94 bits per heavy atom. The molecule has 0 saturated carbocycles. The normalized spacial score (nSPS) is 23.6. The van der Waals surface area contributed by atoms with Crippen LogP contribution in [0.15, 0.2) is 0 Å². The molecule has 98 valence electrons. The molecule has 1 fully saturated rings. The quantitative estimate of drug-likeness (QED) is 0.549. The van der Waals surface area contributed by atoms with Gasteiger partial charge in [-0.05, 0) is 6.42 Å². The van der Waals surface area contributed by atoms with E-state index in [-0.39, 0.29) is 23.7 Å². The van der Waals surface area contributed by atoms with Crippen LogP contribution in [0.2, 0.25) is 0 Å². The van der Waals surface area contributed by atoms with E-state index in [0.29, 0.717) is 19.6 Å². The van der Waals surface area contributed by atoms with Gasteiger partial charge in [0.05, 0.1) is 11.8 Å². The van der Waals surface area contributed by atoms with Crippen molar-refractivity contribution in [3.05, 3.63) is 0 Å². The molecule has 0 aliphatic carbocycles. The van der Waals surface area contributed by atoms with Gasteiger partial charge >= 0.3 is 0 Å². The second-order valence-electron chi connectivity index (χ2n) is 4.63. The third-order valence-electron chi connectivity index (χ3n) is 3.25. The van der Waals surface area contributed by atoms with Crippen molar-refractivity contribution in [1.29, 1.82) is 0 Å². The molecule has 2 atom stereocenters. The lowest BCUT2D eigenvalue weighted by Crippen LogP contribution is -2.39. The third kappa shape index (κ3) is 4.34. The molecule has 17 heavy (non-hydrogen) atoms. The van der Waals surface area contributed by atoms with Crippen molar-refractivity contribution in [2.24, 2.45) is 17.6 Å². The minimum absolute atomic E-state index is 0.0460. The van der Waals surface area contributed by atoms with E-state index in [4.69, 9.17) is 5.73 Å². The summed E-state index contributed by atoms with van der Waals surface area (Å²) in [6.45, 7) is 3.92. The number of rotatable bonds is 7. The fourth-order valence-electron chi connectivity index (χ4n) is 2.15. The highest BCUT2D eigenvalue weighted by Crippen LogP contribution is 2.16. The van der Waals surface area contributed by atoms with E-state index in [1.165, 1.54) is 12.8 Å². The van der Waals surface area contributed by atoms with E-state index >= 15 is 0 Å². The number of nitrogens with two attached hydrogens (primary N) is 1. The maximum Gasteiger partial charge on any atom is 0.225 e. The van der Waals surface area contributed by atoms with Crippen molar-refractivity contribution >= 4 is 11.8 Å². The highest BCUT2D eigenvalue weighted by molar-refractivity contribution is 5.87. The molecule has 4 N–H and O–H groups in total. The van der Waals surface area contributed by atoms with Crippen molar-refractivity contribution in [1.82, 2.24) is 10.6 Å². The first-order valence-corrected chi connectivity index (χ1v) is 6.44. The van der Waals surface area contributed by atoms with Crippen LogP contribution >= 0.6 is 0 Å². The lowest BCUT2D eigenvalue weighted by molar-refractivity contribution is -0.131. The van der Waals surface area contributed by atoms with E-state index in [2.05, 4.69) is 17.6 Å². The molecule has 1 heterocycles. The number of amides is 2. The maximum absolute atomic E-state index is 11.8. The molecule has 1 aliphatic rings. The Balaban J connectivity index is 2.25. The van der Waals surface area contributed by atoms with E-state index in [0.717, 1.165) is 12.8 Å².